The van der Waals surface area contributed by atoms with E-state index in [0.717, 1.165) is 32.7 Å². The van der Waals surface area contributed by atoms with Crippen LogP contribution >= 0.6 is 0 Å². The maximum Gasteiger partial charge on any atom is 0.414 e. The molecule has 0 aromatic heterocycles. The predicted molar refractivity (Wildman–Crippen MR) is 106 cm³/mol. The molecule has 0 aliphatic carbocycles. The number of hydrogen-bond donors (Lipinski definition) is 0. The van der Waals surface area contributed by atoms with Crippen molar-refractivity contribution in [3.63, 3.8) is 0 Å². The molecule has 0 radical (unpaired) electrons. The van der Waals surface area contributed by atoms with Gasteiger partial charge in [0.15, 0.2) is 0 Å². The third-order valence-electron chi connectivity index (χ3n) is 5.45. The predicted octanol–water partition coefficient (Wildman–Crippen LogP) is 2.51. The summed E-state index contributed by atoms with van der Waals surface area (Å²) in [6.07, 6.45) is 0.0426. The van der Waals surface area contributed by atoms with Gasteiger partial charge in [-0.15, -0.1) is 0 Å². The average molecular weight is 392 g/mol. The number of carbonyl (C=O) groups is 2. The van der Waals surface area contributed by atoms with Crippen molar-refractivity contribution >= 4 is 23.3 Å². The second kappa shape index (κ2) is 8.87. The van der Waals surface area contributed by atoms with Crippen LogP contribution in [0.4, 0.5) is 20.6 Å². The largest absolute Gasteiger partial charge is 0.444 e. The van der Waals surface area contributed by atoms with Crippen LogP contribution in [0.2, 0.25) is 0 Å². The highest BCUT2D eigenvalue weighted by Crippen LogP contribution is 2.29. The van der Waals surface area contributed by atoms with Gasteiger partial charge < -0.3 is 14.4 Å². The average Bonchev–Trinajstić information content (AvgIpc) is 2.93. The fraction of sp³-hybridized carbons (Fsp3) is 0.600. The van der Waals surface area contributed by atoms with Gasteiger partial charge in [0, 0.05) is 46.2 Å². The molecule has 1 atom stereocenters. The van der Waals surface area contributed by atoms with Crippen molar-refractivity contribution < 1.29 is 18.7 Å². The Hall–Kier alpha value is -2.19. The van der Waals surface area contributed by atoms with Crippen molar-refractivity contribution in [1.82, 2.24) is 10.0 Å². The van der Waals surface area contributed by atoms with Gasteiger partial charge in [0.25, 0.3) is 0 Å². The monoisotopic (exact) mass is 392 g/mol. The van der Waals surface area contributed by atoms with Crippen LogP contribution in [0.25, 0.3) is 0 Å². The lowest BCUT2D eigenvalue weighted by atomic mass is 10.1. The van der Waals surface area contributed by atoms with E-state index in [1.807, 2.05) is 11.9 Å². The molecule has 0 N–H and O–H groups in total. The van der Waals surface area contributed by atoms with E-state index in [2.05, 4.69) is 16.9 Å². The normalized spacial score (nSPS) is 21.7. The zero-order chi connectivity index (χ0) is 20.3. The van der Waals surface area contributed by atoms with E-state index >= 15 is 0 Å². The molecule has 8 heteroatoms. The van der Waals surface area contributed by atoms with Crippen LogP contribution in [0.15, 0.2) is 18.2 Å². The number of ketones is 1. The minimum atomic E-state index is -0.490. The number of hydrogen-bond acceptors (Lipinski definition) is 6. The lowest BCUT2D eigenvalue weighted by Crippen LogP contribution is -2.40. The molecule has 0 saturated carbocycles. The molecule has 0 unspecified atom stereocenters. The molecular formula is C20H29FN4O3. The highest BCUT2D eigenvalue weighted by molar-refractivity contribution is 5.90. The van der Waals surface area contributed by atoms with Gasteiger partial charge >= 0.3 is 6.09 Å². The first-order valence-corrected chi connectivity index (χ1v) is 9.87. The van der Waals surface area contributed by atoms with Crippen molar-refractivity contribution in [2.45, 2.75) is 32.8 Å². The molecular weight excluding hydrogens is 363 g/mol. The zero-order valence-electron chi connectivity index (χ0n) is 16.9. The van der Waals surface area contributed by atoms with E-state index in [1.165, 1.54) is 17.9 Å². The number of anilines is 2. The second-order valence-corrected chi connectivity index (χ2v) is 7.41. The molecule has 2 fully saturated rings. The Labute approximate surface area is 165 Å². The van der Waals surface area contributed by atoms with Gasteiger partial charge in [-0.05, 0) is 31.5 Å². The topological polar surface area (TPSA) is 56.3 Å². The molecule has 1 amide bonds. The van der Waals surface area contributed by atoms with Crippen LogP contribution in [0.3, 0.4) is 0 Å². The standard InChI is InChI=1S/C20H29FN4O3/c1-4-24-12-11-23(10-9-22(24)3)19-8-6-16(13-18(19)21)25-14-17(28-20(25)27)7-5-15(2)26/h6,8,13,17H,4-5,7,9-12,14H2,1-3H3/t17-/m0/s1. The number of cyclic esters (lactones) is 1. The molecule has 7 nitrogen and oxygen atoms in total. The molecule has 2 aliphatic rings. The summed E-state index contributed by atoms with van der Waals surface area (Å²) in [4.78, 5) is 26.8. The molecule has 2 saturated heterocycles. The van der Waals surface area contributed by atoms with E-state index < -0.39 is 6.09 Å². The van der Waals surface area contributed by atoms with E-state index in [9.17, 15) is 14.0 Å². The molecule has 0 spiro atoms. The number of amides is 1. The van der Waals surface area contributed by atoms with E-state index in [1.54, 1.807) is 12.1 Å². The smallest absolute Gasteiger partial charge is 0.414 e. The fourth-order valence-corrected chi connectivity index (χ4v) is 3.73. The maximum atomic E-state index is 14.9. The minimum absolute atomic E-state index is 0.0645. The van der Waals surface area contributed by atoms with Crippen LogP contribution in [-0.4, -0.2) is 74.3 Å². The number of carbonyl (C=O) groups excluding carboxylic acids is 2. The van der Waals surface area contributed by atoms with Gasteiger partial charge in [0.2, 0.25) is 0 Å². The third kappa shape index (κ3) is 4.62. The summed E-state index contributed by atoms with van der Waals surface area (Å²) in [7, 11) is 2.05. The summed E-state index contributed by atoms with van der Waals surface area (Å²) in [5.41, 5.74) is 1.04. The van der Waals surface area contributed by atoms with E-state index in [0.29, 0.717) is 30.8 Å². The van der Waals surface area contributed by atoms with E-state index in [4.69, 9.17) is 4.74 Å². The number of halogens is 1. The van der Waals surface area contributed by atoms with Crippen LogP contribution < -0.4 is 9.80 Å². The molecule has 154 valence electrons. The SMILES string of the molecule is CCN1CCN(c2ccc(N3C[C@H](CCC(C)=O)OC3=O)cc2F)CCN1C. The number of Topliss-reactive ketones (excluding diaryl/α,β-unsaturated/α-hetero) is 1. The number of hydrazine groups is 1. The van der Waals surface area contributed by atoms with Crippen molar-refractivity contribution in [1.29, 1.82) is 0 Å². The lowest BCUT2D eigenvalue weighted by Gasteiger charge is -2.27. The Kier molecular flexibility index (Phi) is 6.51. The Balaban J connectivity index is 1.69. The number of nitrogens with zero attached hydrogens (tertiary/aromatic N) is 4. The lowest BCUT2D eigenvalue weighted by molar-refractivity contribution is -0.117. The van der Waals surface area contributed by atoms with Crippen LogP contribution in [-0.2, 0) is 9.53 Å². The molecule has 1 aromatic carbocycles. The molecule has 2 heterocycles. The molecule has 3 rings (SSSR count). The highest BCUT2D eigenvalue weighted by Gasteiger charge is 2.33. The highest BCUT2D eigenvalue weighted by atomic mass is 19.1. The maximum absolute atomic E-state index is 14.9. The zero-order valence-corrected chi connectivity index (χ0v) is 16.9. The van der Waals surface area contributed by atoms with Crippen LogP contribution in [0.1, 0.15) is 26.7 Å². The fourth-order valence-electron chi connectivity index (χ4n) is 3.73. The van der Waals surface area contributed by atoms with Crippen molar-refractivity contribution in [3.05, 3.63) is 24.0 Å². The van der Waals surface area contributed by atoms with Gasteiger partial charge in [-0.3, -0.25) is 4.90 Å². The van der Waals surface area contributed by atoms with Crippen LogP contribution in [0, 0.1) is 5.82 Å². The van der Waals surface area contributed by atoms with Crippen LogP contribution in [0.5, 0.6) is 0 Å². The summed E-state index contributed by atoms with van der Waals surface area (Å²) in [6.45, 7) is 8.03. The quantitative estimate of drug-likeness (QED) is 0.742. The molecule has 2 aliphatic heterocycles. The Bertz CT molecular complexity index is 729. The third-order valence-corrected chi connectivity index (χ3v) is 5.45. The summed E-state index contributed by atoms with van der Waals surface area (Å²) in [5.74, 6) is -0.278. The van der Waals surface area contributed by atoms with Crippen molar-refractivity contribution in [2.24, 2.45) is 0 Å². The second-order valence-electron chi connectivity index (χ2n) is 7.41. The molecule has 1 aromatic rings. The van der Waals surface area contributed by atoms with Gasteiger partial charge in [-0.2, -0.15) is 0 Å². The summed E-state index contributed by atoms with van der Waals surface area (Å²) in [6, 6.07) is 4.90. The molecule has 28 heavy (non-hydrogen) atoms. The Morgan fingerprint density at radius 2 is 2.00 bits per heavy atom. The number of ether oxygens (including phenoxy) is 1. The number of benzene rings is 1. The first-order valence-electron chi connectivity index (χ1n) is 9.87. The van der Waals surface area contributed by atoms with Gasteiger partial charge in [-0.1, -0.05) is 6.92 Å². The van der Waals surface area contributed by atoms with Gasteiger partial charge in [-0.25, -0.2) is 19.2 Å². The van der Waals surface area contributed by atoms with Gasteiger partial charge in [0.05, 0.1) is 17.9 Å². The van der Waals surface area contributed by atoms with Gasteiger partial charge in [0.1, 0.15) is 17.7 Å². The number of rotatable bonds is 6. The minimum Gasteiger partial charge on any atom is -0.444 e. The molecule has 0 bridgehead atoms. The first-order chi connectivity index (χ1) is 13.4. The first kappa shape index (κ1) is 20.5. The summed E-state index contributed by atoms with van der Waals surface area (Å²) >= 11 is 0. The van der Waals surface area contributed by atoms with E-state index in [-0.39, 0.29) is 17.7 Å². The van der Waals surface area contributed by atoms with Crippen molar-refractivity contribution in [2.75, 3.05) is 56.1 Å². The Morgan fingerprint density at radius 1 is 1.25 bits per heavy atom. The van der Waals surface area contributed by atoms with Crippen molar-refractivity contribution in [3.8, 4) is 0 Å². The summed E-state index contributed by atoms with van der Waals surface area (Å²) < 4.78 is 20.2. The number of likely N-dealkylation sites (N-methyl/N-ethyl adjacent to an activating group) is 2. The Morgan fingerprint density at radius 3 is 2.68 bits per heavy atom. The summed E-state index contributed by atoms with van der Waals surface area (Å²) in [5, 5.41) is 4.42.